The minimum absolute atomic E-state index is 0.108. The van der Waals surface area contributed by atoms with Gasteiger partial charge in [0.15, 0.2) is 11.5 Å². The van der Waals surface area contributed by atoms with Crippen molar-refractivity contribution in [2.75, 3.05) is 20.8 Å². The third-order valence-electron chi connectivity index (χ3n) is 4.79. The van der Waals surface area contributed by atoms with Gasteiger partial charge < -0.3 is 20.1 Å². The molecule has 1 atom stereocenters. The molecule has 2 aromatic carbocycles. The Balaban J connectivity index is 1.98. The summed E-state index contributed by atoms with van der Waals surface area (Å²) in [5.74, 6) is 0.621. The predicted molar refractivity (Wildman–Crippen MR) is 113 cm³/mol. The standard InChI is InChI=1S/C23H30N2O4/c1-6-16-7-9-17(10-8-16)22(15(2)3)25-21(26)14-24-23(27)18-11-12-19(28-4)20(13-18)29-5/h7-13,15,22H,6,14H2,1-5H3,(H,24,27)(H,25,26). The van der Waals surface area contributed by atoms with E-state index in [0.717, 1.165) is 12.0 Å². The maximum Gasteiger partial charge on any atom is 0.251 e. The number of methoxy groups -OCH3 is 2. The second kappa shape index (κ2) is 10.5. The van der Waals surface area contributed by atoms with Gasteiger partial charge in [-0.25, -0.2) is 0 Å². The summed E-state index contributed by atoms with van der Waals surface area (Å²) < 4.78 is 10.4. The van der Waals surface area contributed by atoms with Gasteiger partial charge in [-0.3, -0.25) is 9.59 Å². The van der Waals surface area contributed by atoms with Crippen LogP contribution in [0.2, 0.25) is 0 Å². The molecule has 1 unspecified atom stereocenters. The van der Waals surface area contributed by atoms with E-state index in [1.165, 1.54) is 19.8 Å². The monoisotopic (exact) mass is 398 g/mol. The second-order valence-electron chi connectivity index (χ2n) is 7.14. The summed E-state index contributed by atoms with van der Waals surface area (Å²) in [5.41, 5.74) is 2.70. The molecule has 2 rings (SSSR count). The number of nitrogens with one attached hydrogen (secondary N) is 2. The molecule has 0 aliphatic heterocycles. The van der Waals surface area contributed by atoms with Crippen molar-refractivity contribution in [2.45, 2.75) is 33.2 Å². The lowest BCUT2D eigenvalue weighted by Crippen LogP contribution is -2.40. The van der Waals surface area contributed by atoms with Crippen molar-refractivity contribution in [1.82, 2.24) is 10.6 Å². The molecule has 2 amide bonds. The zero-order valence-corrected chi connectivity index (χ0v) is 17.7. The van der Waals surface area contributed by atoms with Gasteiger partial charge in [0.05, 0.1) is 26.8 Å². The number of carbonyl (C=O) groups is 2. The lowest BCUT2D eigenvalue weighted by molar-refractivity contribution is -0.121. The Morgan fingerprint density at radius 1 is 0.966 bits per heavy atom. The van der Waals surface area contributed by atoms with E-state index in [9.17, 15) is 9.59 Å². The minimum atomic E-state index is -0.352. The van der Waals surface area contributed by atoms with Crippen LogP contribution in [-0.4, -0.2) is 32.6 Å². The van der Waals surface area contributed by atoms with Gasteiger partial charge in [-0.2, -0.15) is 0 Å². The molecule has 0 fully saturated rings. The van der Waals surface area contributed by atoms with Crippen LogP contribution >= 0.6 is 0 Å². The van der Waals surface area contributed by atoms with Crippen LogP contribution in [0.4, 0.5) is 0 Å². The molecule has 0 spiro atoms. The topological polar surface area (TPSA) is 76.7 Å². The highest BCUT2D eigenvalue weighted by atomic mass is 16.5. The van der Waals surface area contributed by atoms with Crippen molar-refractivity contribution in [3.8, 4) is 11.5 Å². The molecule has 0 aliphatic rings. The average Bonchev–Trinajstić information content (AvgIpc) is 2.75. The van der Waals surface area contributed by atoms with Gasteiger partial charge in [-0.1, -0.05) is 45.0 Å². The molecule has 0 aliphatic carbocycles. The van der Waals surface area contributed by atoms with Gasteiger partial charge in [0.2, 0.25) is 5.91 Å². The molecule has 0 heterocycles. The third-order valence-corrected chi connectivity index (χ3v) is 4.79. The van der Waals surface area contributed by atoms with Crippen LogP contribution < -0.4 is 20.1 Å². The minimum Gasteiger partial charge on any atom is -0.493 e. The number of rotatable bonds is 9. The van der Waals surface area contributed by atoms with Gasteiger partial charge in [0, 0.05) is 5.56 Å². The van der Waals surface area contributed by atoms with Gasteiger partial charge in [0.25, 0.3) is 5.91 Å². The fraction of sp³-hybridized carbons (Fsp3) is 0.391. The summed E-state index contributed by atoms with van der Waals surface area (Å²) in [6.07, 6.45) is 0.973. The normalized spacial score (nSPS) is 11.7. The average molecular weight is 399 g/mol. The summed E-state index contributed by atoms with van der Waals surface area (Å²) >= 11 is 0. The van der Waals surface area contributed by atoms with Crippen molar-refractivity contribution in [3.63, 3.8) is 0 Å². The molecule has 0 saturated heterocycles. The quantitative estimate of drug-likeness (QED) is 0.678. The highest BCUT2D eigenvalue weighted by Crippen LogP contribution is 2.27. The van der Waals surface area contributed by atoms with Gasteiger partial charge >= 0.3 is 0 Å². The molecular weight excluding hydrogens is 368 g/mol. The SMILES string of the molecule is CCc1ccc(C(NC(=O)CNC(=O)c2ccc(OC)c(OC)c2)C(C)C)cc1. The van der Waals surface area contributed by atoms with Gasteiger partial charge in [-0.05, 0) is 41.7 Å². The van der Waals surface area contributed by atoms with Crippen molar-refractivity contribution in [2.24, 2.45) is 5.92 Å². The first-order chi connectivity index (χ1) is 13.9. The molecule has 2 N–H and O–H groups in total. The highest BCUT2D eigenvalue weighted by molar-refractivity contribution is 5.97. The van der Waals surface area contributed by atoms with Crippen molar-refractivity contribution in [1.29, 1.82) is 0 Å². The van der Waals surface area contributed by atoms with E-state index in [0.29, 0.717) is 17.1 Å². The van der Waals surface area contributed by atoms with E-state index in [2.05, 4.69) is 43.5 Å². The number of carbonyl (C=O) groups excluding carboxylic acids is 2. The summed E-state index contributed by atoms with van der Waals surface area (Å²) in [7, 11) is 3.04. The zero-order chi connectivity index (χ0) is 21.4. The van der Waals surface area contributed by atoms with Crippen molar-refractivity contribution < 1.29 is 19.1 Å². The first kappa shape index (κ1) is 22.3. The molecule has 0 bridgehead atoms. The first-order valence-corrected chi connectivity index (χ1v) is 9.78. The largest absolute Gasteiger partial charge is 0.493 e. The fourth-order valence-electron chi connectivity index (χ4n) is 3.06. The Kier molecular flexibility index (Phi) is 8.07. The maximum absolute atomic E-state index is 12.4. The van der Waals surface area contributed by atoms with Crippen LogP contribution in [0.15, 0.2) is 42.5 Å². The molecule has 2 aromatic rings. The number of ether oxygens (including phenoxy) is 2. The van der Waals surface area contributed by atoms with Gasteiger partial charge in [0.1, 0.15) is 0 Å². The van der Waals surface area contributed by atoms with E-state index in [1.807, 2.05) is 12.1 Å². The smallest absolute Gasteiger partial charge is 0.251 e. The summed E-state index contributed by atoms with van der Waals surface area (Å²) in [4.78, 5) is 24.8. The molecule has 0 radical (unpaired) electrons. The Hall–Kier alpha value is -3.02. The predicted octanol–water partition coefficient (Wildman–Crippen LogP) is 3.51. The Labute approximate surface area is 172 Å². The molecule has 29 heavy (non-hydrogen) atoms. The number of benzene rings is 2. The number of hydrogen-bond donors (Lipinski definition) is 2. The van der Waals surface area contributed by atoms with Crippen LogP contribution in [0.1, 0.15) is 48.3 Å². The second-order valence-corrected chi connectivity index (χ2v) is 7.14. The maximum atomic E-state index is 12.4. The van der Waals surface area contributed by atoms with Gasteiger partial charge in [-0.15, -0.1) is 0 Å². The lowest BCUT2D eigenvalue weighted by atomic mass is 9.95. The van der Waals surface area contributed by atoms with Crippen LogP contribution in [-0.2, 0) is 11.2 Å². The fourth-order valence-corrected chi connectivity index (χ4v) is 3.06. The van der Waals surface area contributed by atoms with E-state index in [-0.39, 0.29) is 30.3 Å². The lowest BCUT2D eigenvalue weighted by Gasteiger charge is -2.23. The van der Waals surface area contributed by atoms with E-state index >= 15 is 0 Å². The Bertz CT molecular complexity index is 831. The molecule has 156 valence electrons. The molecule has 0 saturated carbocycles. The molecule has 6 heteroatoms. The summed E-state index contributed by atoms with van der Waals surface area (Å²) in [6, 6.07) is 13.0. The number of amides is 2. The van der Waals surface area contributed by atoms with Crippen LogP contribution in [0.3, 0.4) is 0 Å². The summed E-state index contributed by atoms with van der Waals surface area (Å²) in [6.45, 7) is 6.11. The van der Waals surface area contributed by atoms with Crippen molar-refractivity contribution in [3.05, 3.63) is 59.2 Å². The number of hydrogen-bond acceptors (Lipinski definition) is 4. The molecule has 0 aromatic heterocycles. The summed E-state index contributed by atoms with van der Waals surface area (Å²) in [5, 5.41) is 5.67. The zero-order valence-electron chi connectivity index (χ0n) is 17.7. The van der Waals surface area contributed by atoms with Crippen LogP contribution in [0.5, 0.6) is 11.5 Å². The van der Waals surface area contributed by atoms with Crippen LogP contribution in [0.25, 0.3) is 0 Å². The Morgan fingerprint density at radius 2 is 1.62 bits per heavy atom. The van der Waals surface area contributed by atoms with E-state index < -0.39 is 0 Å². The van der Waals surface area contributed by atoms with Crippen LogP contribution in [0, 0.1) is 5.92 Å². The number of aryl methyl sites for hydroxylation is 1. The van der Waals surface area contributed by atoms with Crippen molar-refractivity contribution >= 4 is 11.8 Å². The van der Waals surface area contributed by atoms with E-state index in [1.54, 1.807) is 18.2 Å². The van der Waals surface area contributed by atoms with E-state index in [4.69, 9.17) is 9.47 Å². The first-order valence-electron chi connectivity index (χ1n) is 9.78. The third kappa shape index (κ3) is 5.98. The Morgan fingerprint density at radius 3 is 2.17 bits per heavy atom. The molecule has 6 nitrogen and oxygen atoms in total. The highest BCUT2D eigenvalue weighted by Gasteiger charge is 2.19. The molecular formula is C23H30N2O4.